The molecule has 0 spiro atoms. The summed E-state index contributed by atoms with van der Waals surface area (Å²) in [5.41, 5.74) is 2.93. The molecule has 3 aromatic rings. The number of urea groups is 1. The molecular weight excluding hydrogens is 444 g/mol. The highest BCUT2D eigenvalue weighted by atomic mass is 16.5. The Balaban J connectivity index is 1.60. The van der Waals surface area contributed by atoms with Gasteiger partial charge in [0.25, 0.3) is 0 Å². The Morgan fingerprint density at radius 1 is 0.886 bits per heavy atom. The van der Waals surface area contributed by atoms with Crippen molar-refractivity contribution in [1.29, 1.82) is 0 Å². The number of hydrogen-bond acceptors (Lipinski definition) is 5. The van der Waals surface area contributed by atoms with Gasteiger partial charge in [-0.15, -0.1) is 0 Å². The van der Waals surface area contributed by atoms with Gasteiger partial charge in [0, 0.05) is 5.70 Å². The average Bonchev–Trinajstić information content (AvgIpc) is 2.88. The highest BCUT2D eigenvalue weighted by molar-refractivity contribution is 5.95. The number of carbonyl (C=O) groups is 3. The molecule has 0 radical (unpaired) electrons. The first-order valence-corrected chi connectivity index (χ1v) is 11.3. The predicted molar refractivity (Wildman–Crippen MR) is 130 cm³/mol. The first-order chi connectivity index (χ1) is 17.0. The summed E-state index contributed by atoms with van der Waals surface area (Å²) in [6.45, 7) is 4.02. The van der Waals surface area contributed by atoms with Crippen molar-refractivity contribution >= 4 is 18.0 Å². The summed E-state index contributed by atoms with van der Waals surface area (Å²) in [4.78, 5) is 39.9. The van der Waals surface area contributed by atoms with Crippen molar-refractivity contribution < 1.29 is 23.9 Å². The molecule has 1 atom stereocenters. The normalized spacial score (nSPS) is 15.4. The van der Waals surface area contributed by atoms with E-state index in [2.05, 4.69) is 5.32 Å². The van der Waals surface area contributed by atoms with Gasteiger partial charge >= 0.3 is 18.0 Å². The van der Waals surface area contributed by atoms with Gasteiger partial charge in [0.15, 0.2) is 0 Å². The second-order valence-corrected chi connectivity index (χ2v) is 8.00. The minimum Gasteiger partial charge on any atom is -0.463 e. The van der Waals surface area contributed by atoms with Gasteiger partial charge in [0.05, 0.1) is 30.3 Å². The Kier molecular flexibility index (Phi) is 7.26. The van der Waals surface area contributed by atoms with E-state index in [-0.39, 0.29) is 12.6 Å². The summed E-state index contributed by atoms with van der Waals surface area (Å²) in [5, 5.41) is 2.93. The molecule has 0 saturated heterocycles. The molecule has 0 fully saturated rings. The Hall–Kier alpha value is -4.39. The monoisotopic (exact) mass is 470 g/mol. The molecule has 178 valence electrons. The van der Waals surface area contributed by atoms with Crippen LogP contribution in [0.5, 0.6) is 5.75 Å². The second-order valence-electron chi connectivity index (χ2n) is 8.00. The molecule has 1 unspecified atom stereocenters. The van der Waals surface area contributed by atoms with E-state index in [9.17, 15) is 14.4 Å². The quantitative estimate of drug-likeness (QED) is 0.388. The van der Waals surface area contributed by atoms with E-state index >= 15 is 0 Å². The van der Waals surface area contributed by atoms with Gasteiger partial charge in [0.2, 0.25) is 0 Å². The molecular formula is C28H26N2O5. The first kappa shape index (κ1) is 23.8. The zero-order valence-electron chi connectivity index (χ0n) is 19.6. The van der Waals surface area contributed by atoms with Crippen molar-refractivity contribution in [3.63, 3.8) is 0 Å². The molecule has 2 amide bonds. The van der Waals surface area contributed by atoms with E-state index in [1.54, 1.807) is 62.4 Å². The van der Waals surface area contributed by atoms with Crippen LogP contribution in [0.4, 0.5) is 4.79 Å². The topological polar surface area (TPSA) is 84.9 Å². The minimum atomic E-state index is -0.701. The third-order valence-corrected chi connectivity index (χ3v) is 5.71. The van der Waals surface area contributed by atoms with Crippen molar-refractivity contribution in [2.45, 2.75) is 26.4 Å². The summed E-state index contributed by atoms with van der Waals surface area (Å²) in [5.74, 6) is -0.606. The number of rotatable bonds is 7. The largest absolute Gasteiger partial charge is 0.463 e. The zero-order valence-corrected chi connectivity index (χ0v) is 19.6. The summed E-state index contributed by atoms with van der Waals surface area (Å²) >= 11 is 0. The maximum absolute atomic E-state index is 13.0. The van der Waals surface area contributed by atoms with Crippen LogP contribution in [-0.4, -0.2) is 29.5 Å². The standard InChI is InChI=1S/C28H26N2O5/c1-3-34-27(32)24-19(2)30(18-20-10-6-4-7-11-20)28(33)29-25(24)21-14-16-23(17-15-21)35-26(31)22-12-8-5-9-13-22/h4-17,25H,3,18H2,1-2H3,(H,29,33). The van der Waals surface area contributed by atoms with Crippen LogP contribution >= 0.6 is 0 Å². The lowest BCUT2D eigenvalue weighted by Crippen LogP contribution is -2.47. The molecule has 0 aromatic heterocycles. The van der Waals surface area contributed by atoms with Gasteiger partial charge < -0.3 is 14.8 Å². The Labute approximate surface area is 204 Å². The lowest BCUT2D eigenvalue weighted by Gasteiger charge is -2.35. The Morgan fingerprint density at radius 2 is 1.51 bits per heavy atom. The van der Waals surface area contributed by atoms with Crippen LogP contribution in [0.1, 0.15) is 41.4 Å². The van der Waals surface area contributed by atoms with E-state index in [4.69, 9.17) is 9.47 Å². The highest BCUT2D eigenvalue weighted by Crippen LogP contribution is 2.33. The predicted octanol–water partition coefficient (Wildman–Crippen LogP) is 5.01. The van der Waals surface area contributed by atoms with Crippen LogP contribution in [0.15, 0.2) is 96.2 Å². The maximum Gasteiger partial charge on any atom is 0.343 e. The number of carbonyl (C=O) groups excluding carboxylic acids is 3. The molecule has 3 aromatic carbocycles. The van der Waals surface area contributed by atoms with E-state index < -0.39 is 18.0 Å². The fourth-order valence-electron chi connectivity index (χ4n) is 3.93. The molecule has 1 heterocycles. The average molecular weight is 471 g/mol. The number of esters is 2. The number of hydrogen-bond donors (Lipinski definition) is 1. The van der Waals surface area contributed by atoms with Crippen LogP contribution in [0.25, 0.3) is 0 Å². The molecule has 1 aliphatic heterocycles. The number of nitrogens with one attached hydrogen (secondary N) is 1. The first-order valence-electron chi connectivity index (χ1n) is 11.3. The molecule has 35 heavy (non-hydrogen) atoms. The van der Waals surface area contributed by atoms with Crippen molar-refractivity contribution in [2.75, 3.05) is 6.61 Å². The Morgan fingerprint density at radius 3 is 2.14 bits per heavy atom. The fourth-order valence-corrected chi connectivity index (χ4v) is 3.93. The third kappa shape index (κ3) is 5.41. The van der Waals surface area contributed by atoms with Gasteiger partial charge in [-0.3, -0.25) is 4.90 Å². The molecule has 7 nitrogen and oxygen atoms in total. The van der Waals surface area contributed by atoms with Crippen molar-refractivity contribution in [3.8, 4) is 5.75 Å². The highest BCUT2D eigenvalue weighted by Gasteiger charge is 2.36. The lowest BCUT2D eigenvalue weighted by molar-refractivity contribution is -0.139. The molecule has 0 bridgehead atoms. The third-order valence-electron chi connectivity index (χ3n) is 5.71. The fraction of sp³-hybridized carbons (Fsp3) is 0.179. The van der Waals surface area contributed by atoms with Crippen LogP contribution in [0, 0.1) is 0 Å². The number of ether oxygens (including phenoxy) is 2. The smallest absolute Gasteiger partial charge is 0.343 e. The summed E-state index contributed by atoms with van der Waals surface area (Å²) in [7, 11) is 0. The molecule has 1 N–H and O–H groups in total. The van der Waals surface area contributed by atoms with Gasteiger partial charge in [-0.05, 0) is 49.2 Å². The van der Waals surface area contributed by atoms with Crippen molar-refractivity contribution in [3.05, 3.63) is 113 Å². The zero-order chi connectivity index (χ0) is 24.8. The number of nitrogens with zero attached hydrogens (tertiary/aromatic N) is 1. The van der Waals surface area contributed by atoms with Crippen molar-refractivity contribution in [2.24, 2.45) is 0 Å². The van der Waals surface area contributed by atoms with E-state index in [1.807, 2.05) is 36.4 Å². The molecule has 0 saturated carbocycles. The summed E-state index contributed by atoms with van der Waals surface area (Å²) in [6.07, 6.45) is 0. The maximum atomic E-state index is 13.0. The van der Waals surface area contributed by atoms with E-state index in [0.717, 1.165) is 5.56 Å². The molecule has 0 aliphatic carbocycles. The number of allylic oxidation sites excluding steroid dienone is 1. The van der Waals surface area contributed by atoms with Gasteiger partial charge in [-0.25, -0.2) is 14.4 Å². The van der Waals surface area contributed by atoms with E-state index in [0.29, 0.717) is 34.7 Å². The summed E-state index contributed by atoms with van der Waals surface area (Å²) < 4.78 is 10.8. The van der Waals surface area contributed by atoms with Crippen molar-refractivity contribution in [1.82, 2.24) is 10.2 Å². The minimum absolute atomic E-state index is 0.212. The summed E-state index contributed by atoms with van der Waals surface area (Å²) in [6, 6.07) is 23.9. The molecule has 4 rings (SSSR count). The molecule has 1 aliphatic rings. The van der Waals surface area contributed by atoms with Gasteiger partial charge in [-0.2, -0.15) is 0 Å². The molecule has 7 heteroatoms. The van der Waals surface area contributed by atoms with E-state index in [1.165, 1.54) is 4.90 Å². The SMILES string of the molecule is CCOC(=O)C1=C(C)N(Cc2ccccc2)C(=O)NC1c1ccc(OC(=O)c2ccccc2)cc1. The second kappa shape index (κ2) is 10.7. The van der Waals surface area contributed by atoms with Gasteiger partial charge in [0.1, 0.15) is 5.75 Å². The van der Waals surface area contributed by atoms with Crippen LogP contribution in [0.2, 0.25) is 0 Å². The van der Waals surface area contributed by atoms with Crippen LogP contribution in [-0.2, 0) is 16.1 Å². The Bertz CT molecular complexity index is 1240. The van der Waals surface area contributed by atoms with Crippen LogP contribution < -0.4 is 10.1 Å². The van der Waals surface area contributed by atoms with Crippen LogP contribution in [0.3, 0.4) is 0 Å². The number of amides is 2. The number of benzene rings is 3. The lowest BCUT2D eigenvalue weighted by atomic mass is 9.94. The van der Waals surface area contributed by atoms with Gasteiger partial charge in [-0.1, -0.05) is 60.7 Å².